The lowest BCUT2D eigenvalue weighted by Crippen LogP contribution is -2.17. The normalized spacial score (nSPS) is 21.8. The quantitative estimate of drug-likeness (QED) is 0.649. The Labute approximate surface area is 76.1 Å². The molecule has 0 aromatic carbocycles. The fourth-order valence-electron chi connectivity index (χ4n) is 1.31. The first-order valence-electron chi connectivity index (χ1n) is 4.09. The molecule has 0 saturated carbocycles. The average Bonchev–Trinajstić information content (AvgIpc) is 2.49. The third kappa shape index (κ3) is 1.47. The number of carbonyl (C=O) groups is 1. The van der Waals surface area contributed by atoms with Gasteiger partial charge in [0, 0.05) is 25.0 Å². The maximum absolute atomic E-state index is 11.0. The van der Waals surface area contributed by atoms with Gasteiger partial charge >= 0.3 is 6.09 Å². The van der Waals surface area contributed by atoms with Crippen LogP contribution in [0.3, 0.4) is 0 Å². The van der Waals surface area contributed by atoms with Gasteiger partial charge in [0.15, 0.2) is 0 Å². The highest BCUT2D eigenvalue weighted by Gasteiger charge is 2.29. The number of cyclic esters (lactones) is 1. The highest BCUT2D eigenvalue weighted by Crippen LogP contribution is 2.23. The molecule has 2 heterocycles. The lowest BCUT2D eigenvalue weighted by Gasteiger charge is -2.06. The molecule has 0 N–H and O–H groups in total. The molecule has 1 aromatic rings. The molecule has 1 saturated heterocycles. The Morgan fingerprint density at radius 2 is 2.54 bits per heavy atom. The fourth-order valence-corrected chi connectivity index (χ4v) is 1.31. The number of aromatic nitrogens is 1. The maximum Gasteiger partial charge on any atom is 0.410 e. The van der Waals surface area contributed by atoms with E-state index >= 15 is 0 Å². The summed E-state index contributed by atoms with van der Waals surface area (Å²) in [6, 6.07) is 3.74. The maximum atomic E-state index is 11.0. The van der Waals surface area contributed by atoms with E-state index in [0.29, 0.717) is 6.54 Å². The lowest BCUT2D eigenvalue weighted by atomic mass is 10.2. The predicted molar refractivity (Wildman–Crippen MR) is 46.1 cm³/mol. The molecule has 13 heavy (non-hydrogen) atoms. The molecule has 1 aliphatic heterocycles. The van der Waals surface area contributed by atoms with Gasteiger partial charge in [-0.25, -0.2) is 4.79 Å². The summed E-state index contributed by atoms with van der Waals surface area (Å²) in [5.74, 6) is 0. The number of nitrogens with zero attached hydrogens (tertiary/aromatic N) is 2. The first-order valence-corrected chi connectivity index (χ1v) is 4.09. The molecule has 1 aromatic heterocycles. The van der Waals surface area contributed by atoms with Crippen LogP contribution in [0.25, 0.3) is 0 Å². The van der Waals surface area contributed by atoms with Gasteiger partial charge in [0.05, 0.1) is 6.54 Å². The van der Waals surface area contributed by atoms with E-state index in [-0.39, 0.29) is 12.2 Å². The largest absolute Gasteiger partial charge is 0.439 e. The molecule has 1 fully saturated rings. The number of amides is 1. The Morgan fingerprint density at radius 1 is 1.69 bits per heavy atom. The van der Waals surface area contributed by atoms with Gasteiger partial charge in [-0.2, -0.15) is 0 Å². The van der Waals surface area contributed by atoms with Gasteiger partial charge in [0.1, 0.15) is 6.10 Å². The van der Waals surface area contributed by atoms with Crippen LogP contribution >= 0.6 is 0 Å². The number of ether oxygens (including phenoxy) is 1. The van der Waals surface area contributed by atoms with Gasteiger partial charge in [-0.3, -0.25) is 4.98 Å². The van der Waals surface area contributed by atoms with Gasteiger partial charge in [0.25, 0.3) is 0 Å². The molecule has 1 unspecified atom stereocenters. The Hall–Kier alpha value is -1.58. The molecule has 1 atom stereocenters. The second-order valence-electron chi connectivity index (χ2n) is 3.04. The molecular formula is C9H10N2O2. The SMILES string of the molecule is CN1CC(c2cccnc2)OC1=O. The van der Waals surface area contributed by atoms with Crippen molar-refractivity contribution in [3.8, 4) is 0 Å². The first kappa shape index (κ1) is 8.04. The van der Waals surface area contributed by atoms with E-state index in [1.807, 2.05) is 12.1 Å². The van der Waals surface area contributed by atoms with Gasteiger partial charge in [0.2, 0.25) is 0 Å². The Bertz CT molecular complexity index is 313. The minimum absolute atomic E-state index is 0.161. The first-order chi connectivity index (χ1) is 6.27. The summed E-state index contributed by atoms with van der Waals surface area (Å²) in [6.07, 6.45) is 2.99. The van der Waals surface area contributed by atoms with Crippen LogP contribution in [0, 0.1) is 0 Å². The van der Waals surface area contributed by atoms with Crippen molar-refractivity contribution in [3.63, 3.8) is 0 Å². The number of carbonyl (C=O) groups excluding carboxylic acids is 1. The van der Waals surface area contributed by atoms with Crippen molar-refractivity contribution < 1.29 is 9.53 Å². The van der Waals surface area contributed by atoms with E-state index in [1.54, 1.807) is 24.3 Å². The van der Waals surface area contributed by atoms with Gasteiger partial charge in [-0.15, -0.1) is 0 Å². The lowest BCUT2D eigenvalue weighted by molar-refractivity contribution is 0.134. The summed E-state index contributed by atoms with van der Waals surface area (Å²) in [6.45, 7) is 0.602. The molecule has 1 aliphatic rings. The van der Waals surface area contributed by atoms with Crippen LogP contribution in [0.15, 0.2) is 24.5 Å². The van der Waals surface area contributed by atoms with E-state index in [9.17, 15) is 4.79 Å². The van der Waals surface area contributed by atoms with Crippen molar-refractivity contribution in [3.05, 3.63) is 30.1 Å². The van der Waals surface area contributed by atoms with Crippen LogP contribution in [0.2, 0.25) is 0 Å². The fraction of sp³-hybridized carbons (Fsp3) is 0.333. The topological polar surface area (TPSA) is 42.4 Å². The molecule has 2 rings (SSSR count). The van der Waals surface area contributed by atoms with Crippen molar-refractivity contribution in [1.29, 1.82) is 0 Å². The van der Waals surface area contributed by atoms with E-state index < -0.39 is 0 Å². The molecule has 4 nitrogen and oxygen atoms in total. The minimum atomic E-state index is -0.270. The number of hydrogen-bond donors (Lipinski definition) is 0. The molecular weight excluding hydrogens is 168 g/mol. The van der Waals surface area contributed by atoms with Crippen molar-refractivity contribution in [2.24, 2.45) is 0 Å². The van der Waals surface area contributed by atoms with Crippen LogP contribution in [-0.4, -0.2) is 29.6 Å². The molecule has 0 bridgehead atoms. The third-order valence-corrected chi connectivity index (χ3v) is 2.05. The second-order valence-corrected chi connectivity index (χ2v) is 3.04. The highest BCUT2D eigenvalue weighted by atomic mass is 16.6. The summed E-state index contributed by atoms with van der Waals surface area (Å²) in [5.41, 5.74) is 0.945. The van der Waals surface area contributed by atoms with Crippen LogP contribution in [-0.2, 0) is 4.74 Å². The van der Waals surface area contributed by atoms with Crippen molar-refractivity contribution in [2.75, 3.05) is 13.6 Å². The predicted octanol–water partition coefficient (Wildman–Crippen LogP) is 1.20. The highest BCUT2D eigenvalue weighted by molar-refractivity contribution is 5.69. The van der Waals surface area contributed by atoms with Crippen molar-refractivity contribution in [2.45, 2.75) is 6.10 Å². The van der Waals surface area contributed by atoms with E-state index in [0.717, 1.165) is 5.56 Å². The summed E-state index contributed by atoms with van der Waals surface area (Å²) in [5, 5.41) is 0. The Morgan fingerprint density at radius 3 is 3.08 bits per heavy atom. The molecule has 0 radical (unpaired) electrons. The Balaban J connectivity index is 2.17. The van der Waals surface area contributed by atoms with Gasteiger partial charge in [-0.05, 0) is 6.07 Å². The zero-order valence-corrected chi connectivity index (χ0v) is 7.30. The standard InChI is InChI=1S/C9H10N2O2/c1-11-6-8(13-9(11)12)7-3-2-4-10-5-7/h2-5,8H,6H2,1H3. The number of pyridine rings is 1. The third-order valence-electron chi connectivity index (χ3n) is 2.05. The summed E-state index contributed by atoms with van der Waals surface area (Å²) in [4.78, 5) is 16.6. The van der Waals surface area contributed by atoms with Crippen LogP contribution in [0.5, 0.6) is 0 Å². The van der Waals surface area contributed by atoms with Crippen LogP contribution in [0.4, 0.5) is 4.79 Å². The number of rotatable bonds is 1. The smallest absolute Gasteiger partial charge is 0.410 e. The summed E-state index contributed by atoms with van der Waals surface area (Å²) >= 11 is 0. The van der Waals surface area contributed by atoms with Crippen molar-refractivity contribution >= 4 is 6.09 Å². The zero-order chi connectivity index (χ0) is 9.26. The molecule has 4 heteroatoms. The van der Waals surface area contributed by atoms with Crippen molar-refractivity contribution in [1.82, 2.24) is 9.88 Å². The summed E-state index contributed by atoms with van der Waals surface area (Å²) < 4.78 is 5.11. The monoisotopic (exact) mass is 178 g/mol. The average molecular weight is 178 g/mol. The zero-order valence-electron chi connectivity index (χ0n) is 7.30. The second kappa shape index (κ2) is 3.05. The van der Waals surface area contributed by atoms with Gasteiger partial charge in [-0.1, -0.05) is 6.07 Å². The van der Waals surface area contributed by atoms with E-state index in [1.165, 1.54) is 0 Å². The van der Waals surface area contributed by atoms with Crippen LogP contribution < -0.4 is 0 Å². The van der Waals surface area contributed by atoms with Crippen LogP contribution in [0.1, 0.15) is 11.7 Å². The molecule has 1 amide bonds. The number of hydrogen-bond acceptors (Lipinski definition) is 3. The summed E-state index contributed by atoms with van der Waals surface area (Å²) in [7, 11) is 1.72. The molecule has 0 spiro atoms. The minimum Gasteiger partial charge on any atom is -0.439 e. The van der Waals surface area contributed by atoms with E-state index in [2.05, 4.69) is 4.98 Å². The van der Waals surface area contributed by atoms with E-state index in [4.69, 9.17) is 4.74 Å². The molecule has 0 aliphatic carbocycles. The molecule has 68 valence electrons. The number of likely N-dealkylation sites (N-methyl/N-ethyl adjacent to an activating group) is 1. The Kier molecular flexibility index (Phi) is 1.88. The van der Waals surface area contributed by atoms with Gasteiger partial charge < -0.3 is 9.64 Å².